The first-order valence-electron chi connectivity index (χ1n) is 8.78. The number of rotatable bonds is 5. The van der Waals surface area contributed by atoms with E-state index in [1.165, 1.54) is 6.07 Å². The molecule has 140 valence electrons. The summed E-state index contributed by atoms with van der Waals surface area (Å²) < 4.78 is 38.9. The molecule has 0 aliphatic carbocycles. The van der Waals surface area contributed by atoms with Crippen LogP contribution in [0.3, 0.4) is 0 Å². The van der Waals surface area contributed by atoms with Crippen molar-refractivity contribution in [2.45, 2.75) is 44.7 Å². The summed E-state index contributed by atoms with van der Waals surface area (Å²) in [6.45, 7) is 5.73. The number of hydrogen-bond donors (Lipinski definition) is 1. The SMILES string of the molecule is CNCCC1CCN(C(=O)C(C)(C)c2cccc(C(F)(F)F)c2)CC1. The molecule has 0 aromatic heterocycles. The number of piperidine rings is 1. The first-order chi connectivity index (χ1) is 11.7. The zero-order valence-corrected chi connectivity index (χ0v) is 15.1. The first-order valence-corrected chi connectivity index (χ1v) is 8.78. The molecule has 1 aromatic rings. The highest BCUT2D eigenvalue weighted by molar-refractivity contribution is 5.87. The molecule has 0 saturated carbocycles. The monoisotopic (exact) mass is 356 g/mol. The molecule has 1 N–H and O–H groups in total. The van der Waals surface area contributed by atoms with Gasteiger partial charge in [-0.1, -0.05) is 18.2 Å². The average molecular weight is 356 g/mol. The van der Waals surface area contributed by atoms with E-state index < -0.39 is 17.2 Å². The molecule has 3 nitrogen and oxygen atoms in total. The minimum Gasteiger partial charge on any atom is -0.342 e. The van der Waals surface area contributed by atoms with Crippen molar-refractivity contribution in [3.63, 3.8) is 0 Å². The van der Waals surface area contributed by atoms with E-state index in [0.29, 0.717) is 24.6 Å². The van der Waals surface area contributed by atoms with Crippen molar-refractivity contribution in [1.29, 1.82) is 0 Å². The molecule has 1 saturated heterocycles. The molecule has 1 fully saturated rings. The quantitative estimate of drug-likeness (QED) is 0.870. The highest BCUT2D eigenvalue weighted by atomic mass is 19.4. The van der Waals surface area contributed by atoms with Crippen LogP contribution >= 0.6 is 0 Å². The fourth-order valence-electron chi connectivity index (χ4n) is 3.38. The van der Waals surface area contributed by atoms with Crippen molar-refractivity contribution >= 4 is 5.91 Å². The van der Waals surface area contributed by atoms with Crippen molar-refractivity contribution in [3.05, 3.63) is 35.4 Å². The maximum absolute atomic E-state index is 13.0. The number of nitrogens with zero attached hydrogens (tertiary/aromatic N) is 1. The molecule has 1 aliphatic heterocycles. The number of likely N-dealkylation sites (tertiary alicyclic amines) is 1. The second-order valence-electron chi connectivity index (χ2n) is 7.33. The third-order valence-electron chi connectivity index (χ3n) is 5.15. The van der Waals surface area contributed by atoms with E-state index in [4.69, 9.17) is 0 Å². The number of nitrogens with one attached hydrogen (secondary N) is 1. The Balaban J connectivity index is 2.08. The lowest BCUT2D eigenvalue weighted by molar-refractivity contribution is -0.139. The van der Waals surface area contributed by atoms with E-state index >= 15 is 0 Å². The van der Waals surface area contributed by atoms with Gasteiger partial charge in [-0.3, -0.25) is 4.79 Å². The Hall–Kier alpha value is -1.56. The molecule has 1 amide bonds. The lowest BCUT2D eigenvalue weighted by atomic mass is 9.81. The molecule has 1 heterocycles. The smallest absolute Gasteiger partial charge is 0.342 e. The fraction of sp³-hybridized carbons (Fsp3) is 0.632. The van der Waals surface area contributed by atoms with E-state index in [1.807, 2.05) is 7.05 Å². The Morgan fingerprint density at radius 1 is 1.20 bits per heavy atom. The summed E-state index contributed by atoms with van der Waals surface area (Å²) in [5.41, 5.74) is -1.28. The van der Waals surface area contributed by atoms with Gasteiger partial charge in [0.1, 0.15) is 0 Å². The van der Waals surface area contributed by atoms with E-state index in [0.717, 1.165) is 37.9 Å². The average Bonchev–Trinajstić information content (AvgIpc) is 2.59. The van der Waals surface area contributed by atoms with Gasteiger partial charge in [-0.2, -0.15) is 13.2 Å². The van der Waals surface area contributed by atoms with Crippen molar-refractivity contribution < 1.29 is 18.0 Å². The lowest BCUT2D eigenvalue weighted by Crippen LogP contribution is -2.47. The minimum atomic E-state index is -4.40. The maximum atomic E-state index is 13.0. The van der Waals surface area contributed by atoms with Crippen LogP contribution in [0.25, 0.3) is 0 Å². The highest BCUT2D eigenvalue weighted by Crippen LogP contribution is 2.34. The molecular weight excluding hydrogens is 329 g/mol. The molecule has 1 aliphatic rings. The second-order valence-corrected chi connectivity index (χ2v) is 7.33. The van der Waals surface area contributed by atoms with Crippen LogP contribution in [0.4, 0.5) is 13.2 Å². The Labute approximate surface area is 147 Å². The largest absolute Gasteiger partial charge is 0.416 e. The van der Waals surface area contributed by atoms with Gasteiger partial charge in [0.2, 0.25) is 5.91 Å². The van der Waals surface area contributed by atoms with E-state index in [1.54, 1.807) is 24.8 Å². The van der Waals surface area contributed by atoms with Gasteiger partial charge in [-0.15, -0.1) is 0 Å². The summed E-state index contributed by atoms with van der Waals surface area (Å²) in [7, 11) is 1.93. The molecule has 0 atom stereocenters. The lowest BCUT2D eigenvalue weighted by Gasteiger charge is -2.37. The normalized spacial score (nSPS) is 17.0. The van der Waals surface area contributed by atoms with Gasteiger partial charge >= 0.3 is 6.18 Å². The van der Waals surface area contributed by atoms with Gasteiger partial charge in [0.15, 0.2) is 0 Å². The third-order valence-corrected chi connectivity index (χ3v) is 5.15. The Morgan fingerprint density at radius 2 is 1.80 bits per heavy atom. The van der Waals surface area contributed by atoms with Gasteiger partial charge in [-0.25, -0.2) is 0 Å². The minimum absolute atomic E-state index is 0.0982. The van der Waals surface area contributed by atoms with Crippen LogP contribution in [0.15, 0.2) is 24.3 Å². The number of carbonyl (C=O) groups is 1. The number of halogens is 3. The van der Waals surface area contributed by atoms with Crippen LogP contribution in [0.1, 0.15) is 44.2 Å². The zero-order chi connectivity index (χ0) is 18.7. The van der Waals surface area contributed by atoms with E-state index in [-0.39, 0.29) is 5.91 Å². The van der Waals surface area contributed by atoms with Gasteiger partial charge < -0.3 is 10.2 Å². The molecular formula is C19H27F3N2O. The summed E-state index contributed by atoms with van der Waals surface area (Å²) in [4.78, 5) is 14.7. The predicted molar refractivity (Wildman–Crippen MR) is 92.3 cm³/mol. The van der Waals surface area contributed by atoms with Gasteiger partial charge in [-0.05, 0) is 64.3 Å². The second kappa shape index (κ2) is 7.77. The van der Waals surface area contributed by atoms with Crippen molar-refractivity contribution in [2.24, 2.45) is 5.92 Å². The Morgan fingerprint density at radius 3 is 2.36 bits per heavy atom. The summed E-state index contributed by atoms with van der Waals surface area (Å²) in [6, 6.07) is 5.11. The van der Waals surface area contributed by atoms with Crippen LogP contribution in [-0.2, 0) is 16.4 Å². The molecule has 0 bridgehead atoms. The molecule has 1 aromatic carbocycles. The fourth-order valence-corrected chi connectivity index (χ4v) is 3.38. The Bertz CT molecular complexity index is 591. The number of benzene rings is 1. The molecule has 0 spiro atoms. The summed E-state index contributed by atoms with van der Waals surface area (Å²) in [6.07, 6.45) is -1.41. The predicted octanol–water partition coefficient (Wildman–Crippen LogP) is 3.83. The Kier molecular flexibility index (Phi) is 6.14. The summed E-state index contributed by atoms with van der Waals surface area (Å²) >= 11 is 0. The number of hydrogen-bond acceptors (Lipinski definition) is 2. The van der Waals surface area contributed by atoms with Crippen LogP contribution in [0, 0.1) is 5.92 Å². The molecule has 6 heteroatoms. The van der Waals surface area contributed by atoms with Gasteiger partial charge in [0.05, 0.1) is 11.0 Å². The standard InChI is InChI=1S/C19H27F3N2O/c1-18(2,15-5-4-6-16(13-15)19(20,21)22)17(25)24-11-8-14(9-12-24)7-10-23-3/h4-6,13-14,23H,7-12H2,1-3H3. The summed E-state index contributed by atoms with van der Waals surface area (Å²) in [5.74, 6) is 0.507. The van der Waals surface area contributed by atoms with Gasteiger partial charge in [0, 0.05) is 13.1 Å². The van der Waals surface area contributed by atoms with Crippen LogP contribution in [0.5, 0.6) is 0 Å². The van der Waals surface area contributed by atoms with E-state index in [2.05, 4.69) is 5.32 Å². The summed E-state index contributed by atoms with van der Waals surface area (Å²) in [5, 5.41) is 3.14. The van der Waals surface area contributed by atoms with E-state index in [9.17, 15) is 18.0 Å². The van der Waals surface area contributed by atoms with Crippen LogP contribution < -0.4 is 5.32 Å². The molecule has 2 rings (SSSR count). The molecule has 25 heavy (non-hydrogen) atoms. The number of amides is 1. The van der Waals surface area contributed by atoms with Crippen molar-refractivity contribution in [1.82, 2.24) is 10.2 Å². The van der Waals surface area contributed by atoms with Crippen LogP contribution in [-0.4, -0.2) is 37.5 Å². The topological polar surface area (TPSA) is 32.3 Å². The number of carbonyl (C=O) groups excluding carboxylic acids is 1. The van der Waals surface area contributed by atoms with Gasteiger partial charge in [0.25, 0.3) is 0 Å². The third kappa shape index (κ3) is 4.75. The zero-order valence-electron chi connectivity index (χ0n) is 15.1. The molecule has 0 radical (unpaired) electrons. The first kappa shape index (κ1) is 19.8. The van der Waals surface area contributed by atoms with Crippen LogP contribution in [0.2, 0.25) is 0 Å². The molecule has 0 unspecified atom stereocenters. The number of alkyl halides is 3. The van der Waals surface area contributed by atoms with Crippen molar-refractivity contribution in [2.75, 3.05) is 26.7 Å². The van der Waals surface area contributed by atoms with Crippen molar-refractivity contribution in [3.8, 4) is 0 Å². The highest BCUT2D eigenvalue weighted by Gasteiger charge is 2.37. The maximum Gasteiger partial charge on any atom is 0.416 e.